The predicted molar refractivity (Wildman–Crippen MR) is 83.0 cm³/mol. The van der Waals surface area contributed by atoms with Crippen LogP contribution in [-0.2, 0) is 11.3 Å². The van der Waals surface area contributed by atoms with Crippen LogP contribution in [0.15, 0.2) is 17.5 Å². The molecule has 1 saturated heterocycles. The van der Waals surface area contributed by atoms with Gasteiger partial charge in [-0.2, -0.15) is 0 Å². The first kappa shape index (κ1) is 15.2. The summed E-state index contributed by atoms with van der Waals surface area (Å²) in [5.41, 5.74) is 1.03. The van der Waals surface area contributed by atoms with Gasteiger partial charge in [-0.05, 0) is 50.0 Å². The number of likely N-dealkylation sites (tertiary alicyclic amines) is 1. The molecule has 1 fully saturated rings. The highest BCUT2D eigenvalue weighted by Crippen LogP contribution is 2.23. The summed E-state index contributed by atoms with van der Waals surface area (Å²) in [4.78, 5) is 16.6. The molecular formula is C15H22N2O2S. The Bertz CT molecular complexity index is 474. The standard InChI is InChI=1S/C15H22N2O2S/c1-16(2)13-5-8-17(9-6-13)11-14-12(7-10-20-14)3-4-15(18)19/h3-4,7,10,13H,5-6,8-9,11H2,1-2H3,(H,18,19). The summed E-state index contributed by atoms with van der Waals surface area (Å²) in [5.74, 6) is -0.894. The van der Waals surface area contributed by atoms with Crippen molar-refractivity contribution in [2.24, 2.45) is 0 Å². The van der Waals surface area contributed by atoms with Crippen LogP contribution in [0.25, 0.3) is 6.08 Å². The van der Waals surface area contributed by atoms with Gasteiger partial charge in [0.1, 0.15) is 0 Å². The summed E-state index contributed by atoms with van der Waals surface area (Å²) in [6, 6.07) is 2.69. The maximum atomic E-state index is 10.6. The average Bonchev–Trinajstić information content (AvgIpc) is 2.84. The Hall–Kier alpha value is -1.17. The number of piperidine rings is 1. The van der Waals surface area contributed by atoms with Gasteiger partial charge in [0.2, 0.25) is 0 Å². The van der Waals surface area contributed by atoms with Gasteiger partial charge in [-0.1, -0.05) is 0 Å². The molecule has 1 aromatic rings. The van der Waals surface area contributed by atoms with Crippen molar-refractivity contribution in [3.63, 3.8) is 0 Å². The maximum Gasteiger partial charge on any atom is 0.328 e. The van der Waals surface area contributed by atoms with Crippen molar-refractivity contribution in [1.29, 1.82) is 0 Å². The molecule has 1 aromatic heterocycles. The molecule has 0 amide bonds. The molecule has 0 bridgehead atoms. The Balaban J connectivity index is 1.92. The van der Waals surface area contributed by atoms with E-state index in [1.807, 2.05) is 11.4 Å². The van der Waals surface area contributed by atoms with Gasteiger partial charge in [0.05, 0.1) is 0 Å². The largest absolute Gasteiger partial charge is 0.478 e. The highest BCUT2D eigenvalue weighted by molar-refractivity contribution is 7.10. The number of aliphatic carboxylic acids is 1. The first-order valence-corrected chi connectivity index (χ1v) is 7.80. The van der Waals surface area contributed by atoms with E-state index < -0.39 is 5.97 Å². The van der Waals surface area contributed by atoms with Crippen molar-refractivity contribution in [3.05, 3.63) is 28.0 Å². The molecule has 4 nitrogen and oxygen atoms in total. The first-order chi connectivity index (χ1) is 9.56. The van der Waals surface area contributed by atoms with E-state index >= 15 is 0 Å². The topological polar surface area (TPSA) is 43.8 Å². The molecule has 0 radical (unpaired) electrons. The normalized spacial score (nSPS) is 18.1. The molecule has 0 saturated carbocycles. The van der Waals surface area contributed by atoms with Gasteiger partial charge in [0.15, 0.2) is 0 Å². The SMILES string of the molecule is CN(C)C1CCN(Cc2sccc2C=CC(=O)O)CC1. The molecule has 0 aliphatic carbocycles. The Morgan fingerprint density at radius 2 is 2.20 bits per heavy atom. The van der Waals surface area contributed by atoms with E-state index in [0.29, 0.717) is 6.04 Å². The molecular weight excluding hydrogens is 272 g/mol. The minimum absolute atomic E-state index is 0.695. The molecule has 5 heteroatoms. The number of hydrogen-bond donors (Lipinski definition) is 1. The molecule has 1 aliphatic heterocycles. The van der Waals surface area contributed by atoms with Gasteiger partial charge in [-0.3, -0.25) is 4.90 Å². The second-order valence-corrected chi connectivity index (χ2v) is 6.44. The van der Waals surface area contributed by atoms with E-state index in [4.69, 9.17) is 5.11 Å². The van der Waals surface area contributed by atoms with Crippen molar-refractivity contribution >= 4 is 23.4 Å². The first-order valence-electron chi connectivity index (χ1n) is 6.92. The second-order valence-electron chi connectivity index (χ2n) is 5.44. The van der Waals surface area contributed by atoms with Crippen LogP contribution < -0.4 is 0 Å². The van der Waals surface area contributed by atoms with E-state index in [9.17, 15) is 4.79 Å². The highest BCUT2D eigenvalue weighted by Gasteiger charge is 2.21. The zero-order valence-electron chi connectivity index (χ0n) is 12.1. The highest BCUT2D eigenvalue weighted by atomic mass is 32.1. The molecule has 0 atom stereocenters. The lowest BCUT2D eigenvalue weighted by Crippen LogP contribution is -2.41. The van der Waals surface area contributed by atoms with E-state index in [0.717, 1.165) is 25.2 Å². The molecule has 0 aromatic carbocycles. The van der Waals surface area contributed by atoms with Crippen LogP contribution in [0.3, 0.4) is 0 Å². The minimum atomic E-state index is -0.894. The van der Waals surface area contributed by atoms with Gasteiger partial charge in [-0.15, -0.1) is 11.3 Å². The van der Waals surface area contributed by atoms with Crippen LogP contribution in [0.1, 0.15) is 23.3 Å². The summed E-state index contributed by atoms with van der Waals surface area (Å²) >= 11 is 1.71. The average molecular weight is 294 g/mol. The van der Waals surface area contributed by atoms with E-state index in [-0.39, 0.29) is 0 Å². The number of rotatable bonds is 5. The number of thiophene rings is 1. The Morgan fingerprint density at radius 3 is 2.80 bits per heavy atom. The van der Waals surface area contributed by atoms with Gasteiger partial charge < -0.3 is 10.0 Å². The van der Waals surface area contributed by atoms with Gasteiger partial charge in [-0.25, -0.2) is 4.79 Å². The third-order valence-electron chi connectivity index (χ3n) is 3.84. The lowest BCUT2D eigenvalue weighted by Gasteiger charge is -2.35. The van der Waals surface area contributed by atoms with Crippen LogP contribution in [0.4, 0.5) is 0 Å². The molecule has 2 rings (SSSR count). The third-order valence-corrected chi connectivity index (χ3v) is 4.76. The van der Waals surface area contributed by atoms with Crippen LogP contribution in [0.2, 0.25) is 0 Å². The second kappa shape index (κ2) is 7.02. The zero-order chi connectivity index (χ0) is 14.5. The summed E-state index contributed by atoms with van der Waals surface area (Å²) in [6.45, 7) is 3.16. The fourth-order valence-corrected chi connectivity index (χ4v) is 3.49. The van der Waals surface area contributed by atoms with Crippen molar-refractivity contribution < 1.29 is 9.90 Å². The smallest absolute Gasteiger partial charge is 0.328 e. The summed E-state index contributed by atoms with van der Waals surface area (Å²) < 4.78 is 0. The molecule has 1 aliphatic rings. The fourth-order valence-electron chi connectivity index (χ4n) is 2.59. The zero-order valence-corrected chi connectivity index (χ0v) is 12.9. The lowest BCUT2D eigenvalue weighted by molar-refractivity contribution is -0.131. The summed E-state index contributed by atoms with van der Waals surface area (Å²) in [5, 5.41) is 10.7. The number of nitrogens with zero attached hydrogens (tertiary/aromatic N) is 2. The fraction of sp³-hybridized carbons (Fsp3) is 0.533. The van der Waals surface area contributed by atoms with Crippen molar-refractivity contribution in [1.82, 2.24) is 9.80 Å². The van der Waals surface area contributed by atoms with E-state index in [1.54, 1.807) is 17.4 Å². The number of hydrogen-bond acceptors (Lipinski definition) is 4. The quantitative estimate of drug-likeness (QED) is 0.847. The predicted octanol–water partition coefficient (Wildman–Crippen LogP) is 2.37. The van der Waals surface area contributed by atoms with Crippen molar-refractivity contribution in [2.45, 2.75) is 25.4 Å². The molecule has 1 N–H and O–H groups in total. The van der Waals surface area contributed by atoms with Gasteiger partial charge >= 0.3 is 5.97 Å². The van der Waals surface area contributed by atoms with Crippen LogP contribution in [-0.4, -0.2) is 54.1 Å². The van der Waals surface area contributed by atoms with Crippen molar-refractivity contribution in [3.8, 4) is 0 Å². The minimum Gasteiger partial charge on any atom is -0.478 e. The molecule has 2 heterocycles. The summed E-state index contributed by atoms with van der Waals surface area (Å²) in [7, 11) is 4.29. The van der Waals surface area contributed by atoms with Crippen molar-refractivity contribution in [2.75, 3.05) is 27.2 Å². The number of carbonyl (C=O) groups is 1. The maximum absolute atomic E-state index is 10.6. The van der Waals surface area contributed by atoms with E-state index in [2.05, 4.69) is 23.9 Å². The molecule has 110 valence electrons. The summed E-state index contributed by atoms with van der Waals surface area (Å²) in [6.07, 6.45) is 5.32. The Labute approximate surface area is 124 Å². The molecule has 20 heavy (non-hydrogen) atoms. The molecule has 0 spiro atoms. The Morgan fingerprint density at radius 1 is 1.50 bits per heavy atom. The van der Waals surface area contributed by atoms with Crippen LogP contribution in [0.5, 0.6) is 0 Å². The molecule has 0 unspecified atom stereocenters. The third kappa shape index (κ3) is 4.16. The van der Waals surface area contributed by atoms with Gasteiger partial charge in [0.25, 0.3) is 0 Å². The number of carboxylic acid groups (broad SMARTS) is 1. The lowest BCUT2D eigenvalue weighted by atomic mass is 10.0. The van der Waals surface area contributed by atoms with Crippen LogP contribution in [0, 0.1) is 0 Å². The van der Waals surface area contributed by atoms with Crippen LogP contribution >= 0.6 is 11.3 Å². The Kier molecular flexibility index (Phi) is 5.34. The number of carboxylic acids is 1. The van der Waals surface area contributed by atoms with E-state index in [1.165, 1.54) is 23.8 Å². The monoisotopic (exact) mass is 294 g/mol. The van der Waals surface area contributed by atoms with Gasteiger partial charge in [0, 0.05) is 36.6 Å².